The number of nitrogens with zero attached hydrogens (tertiary/aromatic N) is 1. The van der Waals surface area contributed by atoms with E-state index < -0.39 is 0 Å². The minimum Gasteiger partial charge on any atom is -0.371 e. The normalized spacial score (nSPS) is 25.7. The van der Waals surface area contributed by atoms with Crippen LogP contribution in [0.25, 0.3) is 0 Å². The number of rotatable bonds is 4. The smallest absolute Gasteiger partial charge is 0.125 e. The van der Waals surface area contributed by atoms with Crippen LogP contribution >= 0.6 is 0 Å². The van der Waals surface area contributed by atoms with E-state index in [1.807, 2.05) is 6.07 Å². The summed E-state index contributed by atoms with van der Waals surface area (Å²) >= 11 is 0. The molecule has 0 amide bonds. The second-order valence-corrected chi connectivity index (χ2v) is 6.53. The van der Waals surface area contributed by atoms with Crippen LogP contribution in [0.4, 0.5) is 10.1 Å². The van der Waals surface area contributed by atoms with Gasteiger partial charge in [0, 0.05) is 24.8 Å². The van der Waals surface area contributed by atoms with E-state index in [0.29, 0.717) is 12.0 Å². The lowest BCUT2D eigenvalue weighted by atomic mass is 9.94. The van der Waals surface area contributed by atoms with Crippen LogP contribution in [0.3, 0.4) is 0 Å². The molecule has 1 saturated carbocycles. The van der Waals surface area contributed by atoms with Crippen LogP contribution in [-0.2, 0) is 6.42 Å². The van der Waals surface area contributed by atoms with Gasteiger partial charge in [-0.05, 0) is 49.4 Å². The Morgan fingerprint density at radius 3 is 2.95 bits per heavy atom. The Kier molecular flexibility index (Phi) is 4.79. The summed E-state index contributed by atoms with van der Waals surface area (Å²) in [4.78, 5) is 2.42. The zero-order valence-electron chi connectivity index (χ0n) is 13.1. The van der Waals surface area contributed by atoms with E-state index in [1.54, 1.807) is 12.1 Å². The molecule has 0 saturated heterocycles. The third-order valence-corrected chi connectivity index (χ3v) is 5.12. The second kappa shape index (κ2) is 6.78. The summed E-state index contributed by atoms with van der Waals surface area (Å²) in [5, 5.41) is 3.68. The van der Waals surface area contributed by atoms with Crippen LogP contribution in [0.1, 0.15) is 44.6 Å². The molecule has 1 fully saturated rings. The third kappa shape index (κ3) is 3.39. The molecule has 2 atom stereocenters. The van der Waals surface area contributed by atoms with Crippen molar-refractivity contribution in [1.29, 1.82) is 0 Å². The van der Waals surface area contributed by atoms with Crippen molar-refractivity contribution in [3.8, 4) is 0 Å². The summed E-state index contributed by atoms with van der Waals surface area (Å²) in [6, 6.07) is 5.91. The predicted octanol–water partition coefficient (Wildman–Crippen LogP) is 3.75. The van der Waals surface area contributed by atoms with Gasteiger partial charge in [-0.2, -0.15) is 0 Å². The van der Waals surface area contributed by atoms with Gasteiger partial charge in [-0.15, -0.1) is 0 Å². The van der Waals surface area contributed by atoms with Gasteiger partial charge >= 0.3 is 0 Å². The highest BCUT2D eigenvalue weighted by atomic mass is 19.1. The van der Waals surface area contributed by atoms with Crippen LogP contribution in [0, 0.1) is 11.7 Å². The molecule has 1 heterocycles. The zero-order chi connectivity index (χ0) is 14.7. The van der Waals surface area contributed by atoms with Gasteiger partial charge in [-0.25, -0.2) is 4.39 Å². The van der Waals surface area contributed by atoms with Crippen LogP contribution in [0.5, 0.6) is 0 Å². The molecule has 116 valence electrons. The molecule has 1 N–H and O–H groups in total. The van der Waals surface area contributed by atoms with E-state index in [0.717, 1.165) is 31.7 Å². The summed E-state index contributed by atoms with van der Waals surface area (Å²) < 4.78 is 13.5. The van der Waals surface area contributed by atoms with Crippen molar-refractivity contribution in [1.82, 2.24) is 5.32 Å². The monoisotopic (exact) mass is 290 g/mol. The minimum atomic E-state index is -0.107. The van der Waals surface area contributed by atoms with Gasteiger partial charge < -0.3 is 10.2 Å². The first-order valence-corrected chi connectivity index (χ1v) is 8.54. The maximum Gasteiger partial charge on any atom is 0.125 e. The van der Waals surface area contributed by atoms with Crippen molar-refractivity contribution in [2.75, 3.05) is 24.5 Å². The molecule has 1 aliphatic carbocycles. The van der Waals surface area contributed by atoms with E-state index >= 15 is 0 Å². The average Bonchev–Trinajstić information content (AvgIpc) is 2.73. The molecule has 21 heavy (non-hydrogen) atoms. The first-order chi connectivity index (χ1) is 10.3. The molecule has 2 nitrogen and oxygen atoms in total. The maximum absolute atomic E-state index is 13.5. The van der Waals surface area contributed by atoms with E-state index in [2.05, 4.69) is 17.1 Å². The van der Waals surface area contributed by atoms with Crippen molar-refractivity contribution < 1.29 is 4.39 Å². The average molecular weight is 290 g/mol. The Morgan fingerprint density at radius 1 is 1.24 bits per heavy atom. The number of hydrogen-bond acceptors (Lipinski definition) is 2. The molecule has 1 aliphatic heterocycles. The summed E-state index contributed by atoms with van der Waals surface area (Å²) in [6.45, 7) is 5.37. The van der Waals surface area contributed by atoms with Crippen molar-refractivity contribution in [3.63, 3.8) is 0 Å². The van der Waals surface area contributed by atoms with Gasteiger partial charge in [0.15, 0.2) is 0 Å². The highest BCUT2D eigenvalue weighted by Gasteiger charge is 2.28. The largest absolute Gasteiger partial charge is 0.371 e. The Labute approximate surface area is 127 Å². The van der Waals surface area contributed by atoms with Crippen molar-refractivity contribution >= 4 is 5.69 Å². The Morgan fingerprint density at radius 2 is 2.10 bits per heavy atom. The Bertz CT molecular complexity index is 474. The first kappa shape index (κ1) is 14.8. The molecule has 1 aromatic rings. The zero-order valence-corrected chi connectivity index (χ0v) is 13.1. The molecule has 0 radical (unpaired) electrons. The van der Waals surface area contributed by atoms with Gasteiger partial charge in [0.1, 0.15) is 5.82 Å². The first-order valence-electron chi connectivity index (χ1n) is 8.54. The number of hydrogen-bond donors (Lipinski definition) is 1. The molecule has 0 spiro atoms. The Hall–Kier alpha value is -1.09. The van der Waals surface area contributed by atoms with Crippen molar-refractivity contribution in [3.05, 3.63) is 29.6 Å². The maximum atomic E-state index is 13.5. The number of fused-ring (bicyclic) bond motifs is 1. The van der Waals surface area contributed by atoms with E-state index in [1.165, 1.54) is 37.7 Å². The molecule has 0 aromatic heterocycles. The van der Waals surface area contributed by atoms with Gasteiger partial charge in [0.05, 0.1) is 0 Å². The standard InChI is InChI=1S/C18H27FN2/c1-2-20-17-7-5-3-4-6-15(17)13-21-11-10-14-8-9-16(19)12-18(14)21/h8-9,12,15,17,20H,2-7,10-11,13H2,1H3. The molecular formula is C18H27FN2. The molecular weight excluding hydrogens is 263 g/mol. The Balaban J connectivity index is 1.72. The topological polar surface area (TPSA) is 15.3 Å². The highest BCUT2D eigenvalue weighted by molar-refractivity contribution is 5.58. The molecule has 3 rings (SSSR count). The number of anilines is 1. The summed E-state index contributed by atoms with van der Waals surface area (Å²) in [5.41, 5.74) is 2.44. The lowest BCUT2D eigenvalue weighted by Gasteiger charge is -2.31. The van der Waals surface area contributed by atoms with Gasteiger partial charge in [-0.3, -0.25) is 0 Å². The van der Waals surface area contributed by atoms with E-state index in [-0.39, 0.29) is 5.82 Å². The third-order valence-electron chi connectivity index (χ3n) is 5.12. The lowest BCUT2D eigenvalue weighted by Crippen LogP contribution is -2.41. The molecule has 2 unspecified atom stereocenters. The molecule has 0 bridgehead atoms. The highest BCUT2D eigenvalue weighted by Crippen LogP contribution is 2.32. The number of nitrogens with one attached hydrogen (secondary N) is 1. The summed E-state index contributed by atoms with van der Waals surface area (Å²) in [6.07, 6.45) is 7.72. The fraction of sp³-hybridized carbons (Fsp3) is 0.667. The van der Waals surface area contributed by atoms with Gasteiger partial charge in [0.25, 0.3) is 0 Å². The fourth-order valence-corrected chi connectivity index (χ4v) is 4.03. The molecule has 3 heteroatoms. The molecule has 1 aromatic carbocycles. The second-order valence-electron chi connectivity index (χ2n) is 6.53. The van der Waals surface area contributed by atoms with Crippen molar-refractivity contribution in [2.24, 2.45) is 5.92 Å². The molecule has 2 aliphatic rings. The number of halogens is 1. The van der Waals surface area contributed by atoms with Crippen LogP contribution in [0.2, 0.25) is 0 Å². The van der Waals surface area contributed by atoms with E-state index in [4.69, 9.17) is 0 Å². The SMILES string of the molecule is CCNC1CCCCCC1CN1CCc2ccc(F)cc21. The fourth-order valence-electron chi connectivity index (χ4n) is 4.03. The quantitative estimate of drug-likeness (QED) is 0.850. The van der Waals surface area contributed by atoms with Crippen LogP contribution < -0.4 is 10.2 Å². The lowest BCUT2D eigenvalue weighted by molar-refractivity contribution is 0.341. The van der Waals surface area contributed by atoms with Gasteiger partial charge in [-0.1, -0.05) is 32.3 Å². The predicted molar refractivity (Wildman–Crippen MR) is 86.4 cm³/mol. The van der Waals surface area contributed by atoms with Crippen LogP contribution in [0.15, 0.2) is 18.2 Å². The minimum absolute atomic E-state index is 0.107. The number of benzene rings is 1. The summed E-state index contributed by atoms with van der Waals surface area (Å²) in [5.74, 6) is 0.589. The van der Waals surface area contributed by atoms with Crippen molar-refractivity contribution in [2.45, 2.75) is 51.5 Å². The van der Waals surface area contributed by atoms with E-state index in [9.17, 15) is 4.39 Å². The summed E-state index contributed by atoms with van der Waals surface area (Å²) in [7, 11) is 0. The van der Waals surface area contributed by atoms with Crippen LogP contribution in [-0.4, -0.2) is 25.7 Å². The van der Waals surface area contributed by atoms with Gasteiger partial charge in [0.2, 0.25) is 0 Å².